The molecule has 1 heterocycles. The van der Waals surface area contributed by atoms with Crippen LogP contribution in [0.1, 0.15) is 19.8 Å². The van der Waals surface area contributed by atoms with Crippen molar-refractivity contribution < 1.29 is 28.9 Å². The summed E-state index contributed by atoms with van der Waals surface area (Å²) in [6.07, 6.45) is 1.49. The quantitative estimate of drug-likeness (QED) is 0.337. The molecule has 160 valence electrons. The number of benzene rings is 2. The fraction of sp³-hybridized carbons (Fsp3) is 0.261. The van der Waals surface area contributed by atoms with Crippen molar-refractivity contribution in [2.24, 2.45) is 5.41 Å². The molecule has 8 heteroatoms. The number of ketones is 1. The van der Waals surface area contributed by atoms with E-state index in [2.05, 4.69) is 4.98 Å². The van der Waals surface area contributed by atoms with Crippen molar-refractivity contribution in [3.63, 3.8) is 0 Å². The Morgan fingerprint density at radius 2 is 1.84 bits per heavy atom. The number of ether oxygens (including phenoxy) is 3. The maximum atomic E-state index is 12.7. The number of hydrogen-bond acceptors (Lipinski definition) is 8. The van der Waals surface area contributed by atoms with Crippen molar-refractivity contribution in [2.75, 3.05) is 12.8 Å². The lowest BCUT2D eigenvalue weighted by molar-refractivity contribution is -0.153. The highest BCUT2D eigenvalue weighted by Gasteiger charge is 2.59. The van der Waals surface area contributed by atoms with Crippen LogP contribution >= 0.6 is 0 Å². The van der Waals surface area contributed by atoms with Gasteiger partial charge in [0.2, 0.25) is 0 Å². The van der Waals surface area contributed by atoms with Crippen LogP contribution < -0.4 is 15.2 Å². The zero-order valence-corrected chi connectivity index (χ0v) is 17.1. The third kappa shape index (κ3) is 3.84. The van der Waals surface area contributed by atoms with Crippen molar-refractivity contribution in [1.82, 2.24) is 4.98 Å². The van der Waals surface area contributed by atoms with E-state index in [1.807, 2.05) is 0 Å². The first-order chi connectivity index (χ1) is 14.8. The number of aromatic hydroxyl groups is 1. The van der Waals surface area contributed by atoms with Crippen LogP contribution in [0.5, 0.6) is 23.0 Å². The Bertz CT molecular complexity index is 1150. The Balaban J connectivity index is 1.59. The number of fused-ring (bicyclic) bond motifs is 1. The number of Topliss-reactive ketones (excluding diaryl/α,β-unsaturated/α-hetero) is 1. The molecule has 1 aliphatic carbocycles. The van der Waals surface area contributed by atoms with Crippen LogP contribution in [0.3, 0.4) is 0 Å². The Morgan fingerprint density at radius 1 is 1.13 bits per heavy atom. The van der Waals surface area contributed by atoms with E-state index >= 15 is 0 Å². The molecule has 0 amide bonds. The predicted molar refractivity (Wildman–Crippen MR) is 113 cm³/mol. The van der Waals surface area contributed by atoms with Gasteiger partial charge in [0, 0.05) is 23.3 Å². The number of carbonyl (C=O) groups excluding carboxylic acids is 2. The van der Waals surface area contributed by atoms with Gasteiger partial charge in [-0.3, -0.25) is 14.6 Å². The van der Waals surface area contributed by atoms with E-state index in [4.69, 9.17) is 19.9 Å². The van der Waals surface area contributed by atoms with Crippen molar-refractivity contribution >= 4 is 28.3 Å². The number of nitrogens with two attached hydrogens (primary N) is 1. The minimum Gasteiger partial charge on any atom is -0.504 e. The topological polar surface area (TPSA) is 121 Å². The molecule has 1 unspecified atom stereocenters. The Kier molecular flexibility index (Phi) is 5.14. The lowest BCUT2D eigenvalue weighted by atomic mass is 9.97. The molecule has 2 aromatic carbocycles. The number of phenolic OH excluding ortho intramolecular Hbond substituents is 1. The van der Waals surface area contributed by atoms with Crippen LogP contribution in [-0.2, 0) is 14.3 Å². The average Bonchev–Trinajstić information content (AvgIpc) is 3.57. The second-order valence-corrected chi connectivity index (χ2v) is 7.52. The smallest absolute Gasteiger partial charge is 0.319 e. The predicted octanol–water partition coefficient (Wildman–Crippen LogP) is 3.60. The van der Waals surface area contributed by atoms with Gasteiger partial charge in [0.15, 0.2) is 23.4 Å². The summed E-state index contributed by atoms with van der Waals surface area (Å²) in [6, 6.07) is 11.6. The van der Waals surface area contributed by atoms with Gasteiger partial charge in [-0.1, -0.05) is 0 Å². The molecule has 1 aliphatic rings. The monoisotopic (exact) mass is 422 g/mol. The molecular formula is C23H22N2O6. The summed E-state index contributed by atoms with van der Waals surface area (Å²) >= 11 is 0. The highest BCUT2D eigenvalue weighted by atomic mass is 16.5. The summed E-state index contributed by atoms with van der Waals surface area (Å²) in [5.41, 5.74) is 5.69. The fourth-order valence-corrected chi connectivity index (χ4v) is 3.49. The van der Waals surface area contributed by atoms with Gasteiger partial charge in [-0.2, -0.15) is 0 Å². The highest BCUT2D eigenvalue weighted by Crippen LogP contribution is 2.49. The minimum atomic E-state index is -1.14. The van der Waals surface area contributed by atoms with E-state index in [9.17, 15) is 14.7 Å². The SMILES string of the molecule is COC(=O)C1(C(=O)C(C)Oc2cc3nccc(Oc4ccc(N)cc4)c3cc2O)CC1. The first kappa shape index (κ1) is 20.5. The Morgan fingerprint density at radius 3 is 2.48 bits per heavy atom. The molecule has 0 saturated heterocycles. The zero-order valence-electron chi connectivity index (χ0n) is 17.1. The number of phenols is 1. The van der Waals surface area contributed by atoms with Crippen molar-refractivity contribution in [3.05, 3.63) is 48.7 Å². The molecule has 1 fully saturated rings. The molecule has 1 aromatic heterocycles. The number of nitrogen functional groups attached to an aromatic ring is 1. The summed E-state index contributed by atoms with van der Waals surface area (Å²) in [7, 11) is 1.26. The summed E-state index contributed by atoms with van der Waals surface area (Å²) in [5, 5.41) is 11.1. The summed E-state index contributed by atoms with van der Waals surface area (Å²) in [5.74, 6) is 0.0621. The highest BCUT2D eigenvalue weighted by molar-refractivity contribution is 6.08. The standard InChI is InChI=1S/C23H22N2O6/c1-13(21(27)23(8-9-23)22(28)29-2)30-20-12-17-16(11-18(20)26)19(7-10-25-17)31-15-5-3-14(24)4-6-15/h3-7,10-13,26H,8-9,24H2,1-2H3. The third-order valence-electron chi connectivity index (χ3n) is 5.36. The van der Waals surface area contributed by atoms with Gasteiger partial charge in [0.05, 0.1) is 12.6 Å². The number of aromatic nitrogens is 1. The first-order valence-electron chi connectivity index (χ1n) is 9.78. The van der Waals surface area contributed by atoms with Gasteiger partial charge in [-0.15, -0.1) is 0 Å². The lowest BCUT2D eigenvalue weighted by Crippen LogP contribution is -2.37. The van der Waals surface area contributed by atoms with Gasteiger partial charge >= 0.3 is 5.97 Å². The maximum absolute atomic E-state index is 12.7. The molecule has 0 aliphatic heterocycles. The van der Waals surface area contributed by atoms with Crippen LogP contribution in [-0.4, -0.2) is 35.1 Å². The molecule has 1 atom stereocenters. The normalized spacial score (nSPS) is 15.2. The summed E-state index contributed by atoms with van der Waals surface area (Å²) < 4.78 is 16.4. The molecule has 0 spiro atoms. The van der Waals surface area contributed by atoms with Crippen LogP contribution in [0.2, 0.25) is 0 Å². The zero-order chi connectivity index (χ0) is 22.2. The fourth-order valence-electron chi connectivity index (χ4n) is 3.49. The molecule has 31 heavy (non-hydrogen) atoms. The van der Waals surface area contributed by atoms with Crippen molar-refractivity contribution in [3.8, 4) is 23.0 Å². The van der Waals surface area contributed by atoms with Gasteiger partial charge in [0.1, 0.15) is 16.9 Å². The van der Waals surface area contributed by atoms with Crippen LogP contribution in [0.15, 0.2) is 48.7 Å². The molecule has 3 aromatic rings. The van der Waals surface area contributed by atoms with Gasteiger partial charge in [0.25, 0.3) is 0 Å². The summed E-state index contributed by atoms with van der Waals surface area (Å²) in [6.45, 7) is 1.54. The van der Waals surface area contributed by atoms with E-state index in [1.54, 1.807) is 43.5 Å². The van der Waals surface area contributed by atoms with Gasteiger partial charge in [-0.25, -0.2) is 0 Å². The number of anilines is 1. The molecule has 1 saturated carbocycles. The number of rotatable bonds is 7. The number of methoxy groups -OCH3 is 1. The molecule has 0 bridgehead atoms. The summed E-state index contributed by atoms with van der Waals surface area (Å²) in [4.78, 5) is 29.0. The third-order valence-corrected chi connectivity index (χ3v) is 5.36. The molecule has 8 nitrogen and oxygen atoms in total. The van der Waals surface area contributed by atoms with E-state index in [1.165, 1.54) is 19.2 Å². The largest absolute Gasteiger partial charge is 0.504 e. The van der Waals surface area contributed by atoms with Crippen molar-refractivity contribution in [2.45, 2.75) is 25.9 Å². The molecule has 3 N–H and O–H groups in total. The second-order valence-electron chi connectivity index (χ2n) is 7.52. The van der Waals surface area contributed by atoms with Crippen LogP contribution in [0, 0.1) is 5.41 Å². The van der Waals surface area contributed by atoms with E-state index in [0.717, 1.165) is 0 Å². The molecule has 4 rings (SSSR count). The number of esters is 1. The number of hydrogen-bond donors (Lipinski definition) is 2. The maximum Gasteiger partial charge on any atom is 0.319 e. The van der Waals surface area contributed by atoms with Gasteiger partial charge in [-0.05, 0) is 56.2 Å². The van der Waals surface area contributed by atoms with E-state index < -0.39 is 17.5 Å². The van der Waals surface area contributed by atoms with Crippen LogP contribution in [0.4, 0.5) is 5.69 Å². The van der Waals surface area contributed by atoms with Crippen LogP contribution in [0.25, 0.3) is 10.9 Å². The first-order valence-corrected chi connectivity index (χ1v) is 9.78. The second kappa shape index (κ2) is 7.79. The van der Waals surface area contributed by atoms with Gasteiger partial charge < -0.3 is 25.1 Å². The number of nitrogens with zero attached hydrogens (tertiary/aromatic N) is 1. The Labute approximate surface area is 178 Å². The molecular weight excluding hydrogens is 400 g/mol. The minimum absolute atomic E-state index is 0.0890. The molecule has 0 radical (unpaired) electrons. The Hall–Kier alpha value is -3.81. The van der Waals surface area contributed by atoms with Crippen molar-refractivity contribution in [1.29, 1.82) is 0 Å². The van der Waals surface area contributed by atoms with E-state index in [-0.39, 0.29) is 17.3 Å². The lowest BCUT2D eigenvalue weighted by Gasteiger charge is -2.19. The average molecular weight is 422 g/mol. The van der Waals surface area contributed by atoms with E-state index in [0.29, 0.717) is 40.9 Å². The number of carbonyl (C=O) groups is 2. The number of pyridine rings is 1.